The van der Waals surface area contributed by atoms with Gasteiger partial charge in [0.05, 0.1) is 0 Å². The van der Waals surface area contributed by atoms with Crippen LogP contribution in [0.15, 0.2) is 182 Å². The molecule has 234 valence electrons. The van der Waals surface area contributed by atoms with Crippen molar-refractivity contribution in [3.63, 3.8) is 0 Å². The second kappa shape index (κ2) is 12.7. The first kappa shape index (κ1) is 29.4. The van der Waals surface area contributed by atoms with E-state index < -0.39 is 0 Å². The smallest absolute Gasteiger partial charge is 0.164 e. The number of nitrogens with zero attached hydrogens (tertiary/aromatic N) is 4. The number of aromatic nitrogens is 4. The van der Waals surface area contributed by atoms with Crippen LogP contribution in [-0.4, -0.2) is 19.9 Å². The average molecular weight is 639 g/mol. The average Bonchev–Trinajstić information content (AvgIpc) is 3.21. The van der Waals surface area contributed by atoms with E-state index in [1.54, 1.807) is 6.20 Å². The third-order valence-corrected chi connectivity index (χ3v) is 9.26. The molecule has 0 aliphatic rings. The van der Waals surface area contributed by atoms with E-state index in [4.69, 9.17) is 15.0 Å². The zero-order valence-corrected chi connectivity index (χ0v) is 27.1. The fourth-order valence-electron chi connectivity index (χ4n) is 6.66. The Bertz CT molecular complexity index is 2460. The van der Waals surface area contributed by atoms with Crippen molar-refractivity contribution in [3.8, 4) is 67.5 Å². The predicted octanol–water partition coefficient (Wildman–Crippen LogP) is 11.6. The first-order valence-electron chi connectivity index (χ1n) is 16.7. The Hall–Kier alpha value is -6.78. The third-order valence-electron chi connectivity index (χ3n) is 9.26. The summed E-state index contributed by atoms with van der Waals surface area (Å²) in [6.07, 6.45) is 3.66. The van der Waals surface area contributed by atoms with E-state index in [2.05, 4.69) is 169 Å². The summed E-state index contributed by atoms with van der Waals surface area (Å²) < 4.78 is 0. The minimum absolute atomic E-state index is 0.624. The van der Waals surface area contributed by atoms with E-state index in [0.29, 0.717) is 17.5 Å². The second-order valence-electron chi connectivity index (χ2n) is 12.3. The molecule has 9 rings (SSSR count). The number of hydrogen-bond acceptors (Lipinski definition) is 4. The monoisotopic (exact) mass is 638 g/mol. The Labute approximate surface area is 290 Å². The zero-order chi connectivity index (χ0) is 33.3. The van der Waals surface area contributed by atoms with Crippen LogP contribution < -0.4 is 0 Å². The highest BCUT2D eigenvalue weighted by molar-refractivity contribution is 5.98. The zero-order valence-electron chi connectivity index (χ0n) is 27.1. The van der Waals surface area contributed by atoms with Crippen molar-refractivity contribution in [1.29, 1.82) is 0 Å². The Morgan fingerprint density at radius 2 is 0.680 bits per heavy atom. The lowest BCUT2D eigenvalue weighted by Gasteiger charge is -2.11. The van der Waals surface area contributed by atoms with Crippen molar-refractivity contribution in [1.82, 2.24) is 19.9 Å². The van der Waals surface area contributed by atoms with Gasteiger partial charge >= 0.3 is 0 Å². The molecule has 0 atom stereocenters. The normalized spacial score (nSPS) is 11.2. The summed E-state index contributed by atoms with van der Waals surface area (Å²) in [5, 5.41) is 4.91. The van der Waals surface area contributed by atoms with Crippen LogP contribution in [0.4, 0.5) is 0 Å². The maximum atomic E-state index is 5.04. The van der Waals surface area contributed by atoms with Crippen LogP contribution in [0.1, 0.15) is 0 Å². The molecule has 0 spiro atoms. The molecule has 0 fully saturated rings. The number of benzene rings is 7. The molecule has 0 aliphatic carbocycles. The van der Waals surface area contributed by atoms with E-state index in [9.17, 15) is 0 Å². The molecule has 0 radical (unpaired) electrons. The van der Waals surface area contributed by atoms with Crippen molar-refractivity contribution in [2.45, 2.75) is 0 Å². The van der Waals surface area contributed by atoms with Gasteiger partial charge in [0.1, 0.15) is 0 Å². The van der Waals surface area contributed by atoms with Gasteiger partial charge in [-0.05, 0) is 61.0 Å². The van der Waals surface area contributed by atoms with E-state index >= 15 is 0 Å². The van der Waals surface area contributed by atoms with E-state index in [-0.39, 0.29) is 0 Å². The van der Waals surface area contributed by atoms with Gasteiger partial charge in [-0.3, -0.25) is 4.98 Å². The van der Waals surface area contributed by atoms with Crippen molar-refractivity contribution >= 4 is 21.5 Å². The molecule has 2 aromatic heterocycles. The summed E-state index contributed by atoms with van der Waals surface area (Å²) in [6.45, 7) is 0. The van der Waals surface area contributed by atoms with E-state index in [1.807, 2.05) is 12.3 Å². The molecule has 0 N–H and O–H groups in total. The Kier molecular flexibility index (Phi) is 7.45. The molecule has 0 saturated heterocycles. The van der Waals surface area contributed by atoms with Crippen LogP contribution in [-0.2, 0) is 0 Å². The van der Waals surface area contributed by atoms with Crippen LogP contribution in [0.25, 0.3) is 89.1 Å². The van der Waals surface area contributed by atoms with Crippen LogP contribution in [0.5, 0.6) is 0 Å². The number of pyridine rings is 1. The minimum Gasteiger partial charge on any atom is -0.264 e. The molecular formula is C46H30N4. The van der Waals surface area contributed by atoms with E-state index in [0.717, 1.165) is 38.9 Å². The van der Waals surface area contributed by atoms with Crippen LogP contribution in [0.3, 0.4) is 0 Å². The fourth-order valence-corrected chi connectivity index (χ4v) is 6.66. The molecule has 4 nitrogen and oxygen atoms in total. The van der Waals surface area contributed by atoms with Crippen molar-refractivity contribution in [2.24, 2.45) is 0 Å². The predicted molar refractivity (Wildman–Crippen MR) is 205 cm³/mol. The van der Waals surface area contributed by atoms with Gasteiger partial charge in [-0.2, -0.15) is 0 Å². The van der Waals surface area contributed by atoms with Crippen LogP contribution >= 0.6 is 0 Å². The van der Waals surface area contributed by atoms with Gasteiger partial charge in [0.15, 0.2) is 17.5 Å². The Morgan fingerprint density at radius 3 is 1.12 bits per heavy atom. The number of rotatable bonds is 6. The summed E-state index contributed by atoms with van der Waals surface area (Å²) in [5.41, 5.74) is 9.63. The van der Waals surface area contributed by atoms with Gasteiger partial charge in [0.25, 0.3) is 0 Å². The standard InChI is InChI=1S/C46H30N4/c1-3-13-40-32(8-1)10-5-15-42(40)34-19-25-37(26-20-34)45-48-44(36-23-17-31(18-24-36)39-12-7-29-47-30-39)49-46(50-45)38-27-21-35(22-28-38)43-16-6-11-33-9-2-4-14-41(33)43/h1-30H. The Morgan fingerprint density at radius 1 is 0.280 bits per heavy atom. The maximum Gasteiger partial charge on any atom is 0.164 e. The highest BCUT2D eigenvalue weighted by Crippen LogP contribution is 2.33. The molecule has 0 unspecified atom stereocenters. The number of fused-ring (bicyclic) bond motifs is 2. The second-order valence-corrected chi connectivity index (χ2v) is 12.3. The first-order valence-corrected chi connectivity index (χ1v) is 16.7. The summed E-state index contributed by atoms with van der Waals surface area (Å²) >= 11 is 0. The summed E-state index contributed by atoms with van der Waals surface area (Å²) in [5.74, 6) is 1.88. The SMILES string of the molecule is c1cncc(-c2ccc(-c3nc(-c4ccc(-c5cccc6ccccc56)cc4)nc(-c4ccc(-c5cccc6ccccc56)cc4)n3)cc2)c1. The molecule has 0 saturated carbocycles. The summed E-state index contributed by atoms with van der Waals surface area (Å²) in [6, 6.07) is 59.2. The maximum absolute atomic E-state index is 5.04. The van der Waals surface area contributed by atoms with Crippen molar-refractivity contribution in [2.75, 3.05) is 0 Å². The van der Waals surface area contributed by atoms with Crippen LogP contribution in [0, 0.1) is 0 Å². The van der Waals surface area contributed by atoms with Gasteiger partial charge in [-0.15, -0.1) is 0 Å². The van der Waals surface area contributed by atoms with Gasteiger partial charge < -0.3 is 0 Å². The molecule has 50 heavy (non-hydrogen) atoms. The van der Waals surface area contributed by atoms with Gasteiger partial charge in [0, 0.05) is 29.1 Å². The van der Waals surface area contributed by atoms with E-state index in [1.165, 1.54) is 32.7 Å². The van der Waals surface area contributed by atoms with Gasteiger partial charge in [0.2, 0.25) is 0 Å². The quantitative estimate of drug-likeness (QED) is 0.182. The lowest BCUT2D eigenvalue weighted by molar-refractivity contribution is 1.07. The lowest BCUT2D eigenvalue weighted by Crippen LogP contribution is -2.00. The van der Waals surface area contributed by atoms with Crippen molar-refractivity contribution < 1.29 is 0 Å². The molecule has 9 aromatic rings. The highest BCUT2D eigenvalue weighted by Gasteiger charge is 2.14. The number of hydrogen-bond donors (Lipinski definition) is 0. The fraction of sp³-hybridized carbons (Fsp3) is 0. The lowest BCUT2D eigenvalue weighted by atomic mass is 9.97. The summed E-state index contributed by atoms with van der Waals surface area (Å²) in [4.78, 5) is 19.4. The van der Waals surface area contributed by atoms with Gasteiger partial charge in [-0.1, -0.05) is 164 Å². The molecule has 4 heteroatoms. The highest BCUT2D eigenvalue weighted by atomic mass is 15.0. The third kappa shape index (κ3) is 5.59. The molecular weight excluding hydrogens is 609 g/mol. The Balaban J connectivity index is 1.12. The topological polar surface area (TPSA) is 51.6 Å². The molecule has 2 heterocycles. The van der Waals surface area contributed by atoms with Gasteiger partial charge in [-0.25, -0.2) is 15.0 Å². The molecule has 0 amide bonds. The largest absolute Gasteiger partial charge is 0.264 e. The van der Waals surface area contributed by atoms with Crippen molar-refractivity contribution in [3.05, 3.63) is 182 Å². The molecule has 7 aromatic carbocycles. The molecule has 0 aliphatic heterocycles. The first-order chi connectivity index (χ1) is 24.8. The summed E-state index contributed by atoms with van der Waals surface area (Å²) in [7, 11) is 0. The minimum atomic E-state index is 0.624. The van der Waals surface area contributed by atoms with Crippen LogP contribution in [0.2, 0.25) is 0 Å². The molecule has 0 bridgehead atoms.